The highest BCUT2D eigenvalue weighted by molar-refractivity contribution is 5.68. The van der Waals surface area contributed by atoms with Gasteiger partial charge in [-0.25, -0.2) is 4.79 Å². The van der Waals surface area contributed by atoms with Crippen molar-refractivity contribution < 1.29 is 9.53 Å². The van der Waals surface area contributed by atoms with Crippen LogP contribution in [0.4, 0.5) is 4.79 Å². The fourth-order valence-corrected chi connectivity index (χ4v) is 2.42. The van der Waals surface area contributed by atoms with Gasteiger partial charge in [-0.1, -0.05) is 0 Å². The van der Waals surface area contributed by atoms with Gasteiger partial charge in [-0.3, -0.25) is 0 Å². The average Bonchev–Trinajstić information content (AvgIpc) is 2.29. The molecule has 1 amide bonds. The fraction of sp³-hybridized carbons (Fsp3) is 0.917. The molecule has 0 bridgehead atoms. The van der Waals surface area contributed by atoms with Gasteiger partial charge in [0.25, 0.3) is 0 Å². The summed E-state index contributed by atoms with van der Waals surface area (Å²) >= 11 is 0. The third-order valence-electron chi connectivity index (χ3n) is 3.61. The van der Waals surface area contributed by atoms with Gasteiger partial charge in [-0.15, -0.1) is 0 Å². The lowest BCUT2D eigenvalue weighted by atomic mass is 10.1. The lowest BCUT2D eigenvalue weighted by molar-refractivity contribution is 0.0203. The SMILES string of the molecule is CN1CCN(C(=O)OC2CCCN(C)C2)CC1. The Bertz CT molecular complexity index is 264. The molecule has 0 N–H and O–H groups in total. The lowest BCUT2D eigenvalue weighted by Gasteiger charge is -2.34. The van der Waals surface area contributed by atoms with E-state index in [1.165, 1.54) is 0 Å². The van der Waals surface area contributed by atoms with E-state index >= 15 is 0 Å². The molecule has 2 saturated heterocycles. The Labute approximate surface area is 103 Å². The predicted molar refractivity (Wildman–Crippen MR) is 66.1 cm³/mol. The van der Waals surface area contributed by atoms with Crippen molar-refractivity contribution in [2.45, 2.75) is 18.9 Å². The molecule has 0 aromatic heterocycles. The number of amides is 1. The number of piperazine rings is 1. The van der Waals surface area contributed by atoms with E-state index in [0.717, 1.165) is 52.1 Å². The van der Waals surface area contributed by atoms with E-state index in [-0.39, 0.29) is 12.2 Å². The molecular formula is C12H23N3O2. The Balaban J connectivity index is 1.76. The Morgan fingerprint density at radius 1 is 1.06 bits per heavy atom. The molecule has 2 aliphatic rings. The van der Waals surface area contributed by atoms with Gasteiger partial charge in [-0.05, 0) is 33.5 Å². The van der Waals surface area contributed by atoms with E-state index in [1.807, 2.05) is 4.90 Å². The van der Waals surface area contributed by atoms with Crippen LogP contribution in [0, 0.1) is 0 Å². The van der Waals surface area contributed by atoms with Crippen molar-refractivity contribution in [2.75, 3.05) is 53.4 Å². The molecule has 0 aromatic carbocycles. The maximum absolute atomic E-state index is 11.9. The first-order chi connectivity index (χ1) is 8.15. The van der Waals surface area contributed by atoms with Crippen molar-refractivity contribution in [3.05, 3.63) is 0 Å². The number of piperidine rings is 1. The van der Waals surface area contributed by atoms with Gasteiger partial charge in [0.2, 0.25) is 0 Å². The lowest BCUT2D eigenvalue weighted by Crippen LogP contribution is -2.49. The molecule has 0 saturated carbocycles. The summed E-state index contributed by atoms with van der Waals surface area (Å²) in [6.45, 7) is 5.46. The zero-order valence-corrected chi connectivity index (χ0v) is 10.9. The minimum Gasteiger partial charge on any atom is -0.445 e. The zero-order chi connectivity index (χ0) is 12.3. The highest BCUT2D eigenvalue weighted by atomic mass is 16.6. The number of ether oxygens (including phenoxy) is 1. The van der Waals surface area contributed by atoms with Gasteiger partial charge in [0, 0.05) is 32.7 Å². The van der Waals surface area contributed by atoms with E-state index in [0.29, 0.717) is 0 Å². The molecule has 5 nitrogen and oxygen atoms in total. The molecule has 98 valence electrons. The van der Waals surface area contributed by atoms with Crippen molar-refractivity contribution in [1.82, 2.24) is 14.7 Å². The standard InChI is InChI=1S/C12H23N3O2/c1-13-6-8-15(9-7-13)12(16)17-11-4-3-5-14(2)10-11/h11H,3-10H2,1-2H3. The maximum atomic E-state index is 11.9. The van der Waals surface area contributed by atoms with E-state index in [4.69, 9.17) is 4.74 Å². The summed E-state index contributed by atoms with van der Waals surface area (Å²) < 4.78 is 5.56. The van der Waals surface area contributed by atoms with Crippen LogP contribution in [0.2, 0.25) is 0 Å². The van der Waals surface area contributed by atoms with Crippen LogP contribution in [0.5, 0.6) is 0 Å². The van der Waals surface area contributed by atoms with Crippen molar-refractivity contribution in [2.24, 2.45) is 0 Å². The number of hydrogen-bond donors (Lipinski definition) is 0. The van der Waals surface area contributed by atoms with Gasteiger partial charge in [0.1, 0.15) is 6.10 Å². The van der Waals surface area contributed by atoms with Gasteiger partial charge in [0.15, 0.2) is 0 Å². The summed E-state index contributed by atoms with van der Waals surface area (Å²) in [6, 6.07) is 0. The van der Waals surface area contributed by atoms with Crippen LogP contribution < -0.4 is 0 Å². The van der Waals surface area contributed by atoms with Crippen LogP contribution in [0.25, 0.3) is 0 Å². The van der Waals surface area contributed by atoms with Crippen LogP contribution in [0.1, 0.15) is 12.8 Å². The van der Waals surface area contributed by atoms with Crippen LogP contribution >= 0.6 is 0 Å². The molecule has 2 heterocycles. The Hall–Kier alpha value is -0.810. The molecule has 17 heavy (non-hydrogen) atoms. The second-order valence-electron chi connectivity index (χ2n) is 5.20. The minimum absolute atomic E-state index is 0.0842. The number of carbonyl (C=O) groups is 1. The maximum Gasteiger partial charge on any atom is 0.410 e. The van der Waals surface area contributed by atoms with Crippen LogP contribution in [-0.2, 0) is 4.74 Å². The molecule has 0 aromatic rings. The number of likely N-dealkylation sites (N-methyl/N-ethyl adjacent to an activating group) is 2. The number of nitrogens with zero attached hydrogens (tertiary/aromatic N) is 3. The van der Waals surface area contributed by atoms with E-state index in [9.17, 15) is 4.79 Å². The normalized spacial score (nSPS) is 28.1. The summed E-state index contributed by atoms with van der Waals surface area (Å²) in [6.07, 6.45) is 2.08. The van der Waals surface area contributed by atoms with E-state index < -0.39 is 0 Å². The van der Waals surface area contributed by atoms with Gasteiger partial charge < -0.3 is 19.4 Å². The molecule has 2 rings (SSSR count). The predicted octanol–water partition coefficient (Wildman–Crippen LogP) is 0.465. The summed E-state index contributed by atoms with van der Waals surface area (Å²) in [5.74, 6) is 0. The van der Waals surface area contributed by atoms with Crippen molar-refractivity contribution in [1.29, 1.82) is 0 Å². The molecule has 0 spiro atoms. The Morgan fingerprint density at radius 2 is 1.76 bits per heavy atom. The van der Waals surface area contributed by atoms with Gasteiger partial charge in [-0.2, -0.15) is 0 Å². The number of carbonyl (C=O) groups excluding carboxylic acids is 1. The average molecular weight is 241 g/mol. The highest BCUT2D eigenvalue weighted by Crippen LogP contribution is 2.13. The van der Waals surface area contributed by atoms with Crippen LogP contribution in [0.3, 0.4) is 0 Å². The van der Waals surface area contributed by atoms with Crippen molar-refractivity contribution >= 4 is 6.09 Å². The van der Waals surface area contributed by atoms with E-state index in [1.54, 1.807) is 0 Å². The molecule has 1 atom stereocenters. The monoisotopic (exact) mass is 241 g/mol. The summed E-state index contributed by atoms with van der Waals surface area (Å²) in [5, 5.41) is 0. The van der Waals surface area contributed by atoms with Crippen LogP contribution in [0.15, 0.2) is 0 Å². The fourth-order valence-electron chi connectivity index (χ4n) is 2.42. The molecule has 0 radical (unpaired) electrons. The number of likely N-dealkylation sites (tertiary alicyclic amines) is 1. The quantitative estimate of drug-likeness (QED) is 0.668. The van der Waals surface area contributed by atoms with Gasteiger partial charge in [0.05, 0.1) is 0 Å². The molecule has 5 heteroatoms. The van der Waals surface area contributed by atoms with Crippen molar-refractivity contribution in [3.63, 3.8) is 0 Å². The van der Waals surface area contributed by atoms with E-state index in [2.05, 4.69) is 23.9 Å². The number of rotatable bonds is 1. The largest absolute Gasteiger partial charge is 0.445 e. The molecular weight excluding hydrogens is 218 g/mol. The van der Waals surface area contributed by atoms with Crippen LogP contribution in [-0.4, -0.2) is 80.3 Å². The third kappa shape index (κ3) is 3.57. The van der Waals surface area contributed by atoms with Gasteiger partial charge >= 0.3 is 6.09 Å². The molecule has 2 fully saturated rings. The second kappa shape index (κ2) is 5.69. The molecule has 0 aliphatic carbocycles. The highest BCUT2D eigenvalue weighted by Gasteiger charge is 2.25. The first-order valence-corrected chi connectivity index (χ1v) is 6.48. The summed E-state index contributed by atoms with van der Waals surface area (Å²) in [4.78, 5) is 18.2. The third-order valence-corrected chi connectivity index (χ3v) is 3.61. The zero-order valence-electron chi connectivity index (χ0n) is 10.9. The topological polar surface area (TPSA) is 36.0 Å². The molecule has 1 unspecified atom stereocenters. The number of hydrogen-bond acceptors (Lipinski definition) is 4. The summed E-state index contributed by atoms with van der Waals surface area (Å²) in [5.41, 5.74) is 0. The molecule has 2 aliphatic heterocycles. The minimum atomic E-state index is -0.126. The first-order valence-electron chi connectivity index (χ1n) is 6.48. The Morgan fingerprint density at radius 3 is 2.41 bits per heavy atom. The summed E-state index contributed by atoms with van der Waals surface area (Å²) in [7, 11) is 4.16. The Kier molecular flexibility index (Phi) is 4.23. The second-order valence-corrected chi connectivity index (χ2v) is 5.20. The first kappa shape index (κ1) is 12.6. The van der Waals surface area contributed by atoms with Crippen molar-refractivity contribution in [3.8, 4) is 0 Å². The smallest absolute Gasteiger partial charge is 0.410 e.